The minimum Gasteiger partial charge on any atom is -0.326 e. The summed E-state index contributed by atoms with van der Waals surface area (Å²) < 4.78 is 2.18. The molecule has 2 unspecified atom stereocenters. The molecule has 0 aliphatic rings. The highest BCUT2D eigenvalue weighted by Gasteiger charge is 2.21. The van der Waals surface area contributed by atoms with Crippen molar-refractivity contribution in [1.29, 1.82) is 0 Å². The van der Waals surface area contributed by atoms with Gasteiger partial charge in [-0.25, -0.2) is 4.98 Å². The Kier molecular flexibility index (Phi) is 4.10. The predicted octanol–water partition coefficient (Wildman–Crippen LogP) is 2.17. The first kappa shape index (κ1) is 12.8. The molecule has 0 spiro atoms. The third-order valence-corrected chi connectivity index (χ3v) is 3.29. The summed E-state index contributed by atoms with van der Waals surface area (Å²) in [6.45, 7) is 4.22. The van der Waals surface area contributed by atoms with Crippen molar-refractivity contribution in [3.63, 3.8) is 0 Å². The average Bonchev–Trinajstić information content (AvgIpc) is 2.88. The Morgan fingerprint density at radius 1 is 1.22 bits per heavy atom. The van der Waals surface area contributed by atoms with Crippen LogP contribution in [-0.4, -0.2) is 20.6 Å². The van der Waals surface area contributed by atoms with E-state index >= 15 is 0 Å². The number of aromatic nitrogens is 3. The molecule has 0 aromatic carbocycles. The lowest BCUT2D eigenvalue weighted by atomic mass is 9.98. The van der Waals surface area contributed by atoms with Gasteiger partial charge < -0.3 is 10.3 Å². The summed E-state index contributed by atoms with van der Waals surface area (Å²) in [4.78, 5) is 8.46. The molecule has 0 radical (unpaired) electrons. The van der Waals surface area contributed by atoms with E-state index in [1.165, 1.54) is 5.56 Å². The monoisotopic (exact) mass is 244 g/mol. The van der Waals surface area contributed by atoms with Crippen molar-refractivity contribution in [3.05, 3.63) is 48.3 Å². The summed E-state index contributed by atoms with van der Waals surface area (Å²) in [5.74, 6) is 1.07. The number of nitrogens with two attached hydrogens (primary N) is 1. The maximum absolute atomic E-state index is 6.30. The zero-order valence-electron chi connectivity index (χ0n) is 11.0. The van der Waals surface area contributed by atoms with Gasteiger partial charge in [0.1, 0.15) is 5.82 Å². The fraction of sp³-hybridized carbons (Fsp3) is 0.429. The summed E-state index contributed by atoms with van der Waals surface area (Å²) in [5.41, 5.74) is 7.48. The van der Waals surface area contributed by atoms with Crippen molar-refractivity contribution < 1.29 is 0 Å². The lowest BCUT2D eigenvalue weighted by Crippen LogP contribution is -2.33. The number of aryl methyl sites for hydroxylation is 1. The van der Waals surface area contributed by atoms with Crippen molar-refractivity contribution in [2.75, 3.05) is 0 Å². The second-order valence-electron chi connectivity index (χ2n) is 4.40. The zero-order chi connectivity index (χ0) is 13.0. The van der Waals surface area contributed by atoms with Crippen LogP contribution in [-0.2, 0) is 6.42 Å². The van der Waals surface area contributed by atoms with E-state index in [-0.39, 0.29) is 12.1 Å². The summed E-state index contributed by atoms with van der Waals surface area (Å²) in [7, 11) is 0. The molecular weight excluding hydrogens is 224 g/mol. The number of hydrogen-bond donors (Lipinski definition) is 1. The van der Waals surface area contributed by atoms with Gasteiger partial charge in [0, 0.05) is 37.3 Å². The van der Waals surface area contributed by atoms with E-state index in [1.54, 1.807) is 0 Å². The fourth-order valence-electron chi connectivity index (χ4n) is 2.27. The van der Waals surface area contributed by atoms with E-state index in [4.69, 9.17) is 5.73 Å². The Labute approximate surface area is 108 Å². The predicted molar refractivity (Wildman–Crippen MR) is 72.2 cm³/mol. The van der Waals surface area contributed by atoms with Crippen LogP contribution in [0.25, 0.3) is 0 Å². The molecule has 0 fully saturated rings. The second kappa shape index (κ2) is 5.78. The Hall–Kier alpha value is -1.68. The Balaban J connectivity index is 2.44. The Bertz CT molecular complexity index is 478. The van der Waals surface area contributed by atoms with E-state index < -0.39 is 0 Å². The van der Waals surface area contributed by atoms with Gasteiger partial charge in [0.25, 0.3) is 0 Å². The van der Waals surface area contributed by atoms with Gasteiger partial charge in [-0.3, -0.25) is 4.98 Å². The summed E-state index contributed by atoms with van der Waals surface area (Å²) in [6.07, 6.45) is 9.31. The highest BCUT2D eigenvalue weighted by atomic mass is 15.1. The molecule has 96 valence electrons. The number of rotatable bonds is 5. The van der Waals surface area contributed by atoms with Gasteiger partial charge in [-0.1, -0.05) is 13.8 Å². The normalized spacial score (nSPS) is 14.4. The van der Waals surface area contributed by atoms with Crippen LogP contribution in [0.1, 0.15) is 37.7 Å². The quantitative estimate of drug-likeness (QED) is 0.877. The van der Waals surface area contributed by atoms with Crippen LogP contribution in [0, 0.1) is 0 Å². The molecule has 0 amide bonds. The van der Waals surface area contributed by atoms with Crippen LogP contribution in [0.3, 0.4) is 0 Å². The Morgan fingerprint density at radius 3 is 2.56 bits per heavy atom. The summed E-state index contributed by atoms with van der Waals surface area (Å²) >= 11 is 0. The first-order valence-corrected chi connectivity index (χ1v) is 6.45. The fourth-order valence-corrected chi connectivity index (χ4v) is 2.27. The first-order chi connectivity index (χ1) is 8.77. The van der Waals surface area contributed by atoms with Crippen LogP contribution in [0.5, 0.6) is 0 Å². The molecule has 4 heteroatoms. The van der Waals surface area contributed by atoms with Gasteiger partial charge in [0.2, 0.25) is 0 Å². The van der Waals surface area contributed by atoms with Crippen molar-refractivity contribution >= 4 is 0 Å². The van der Waals surface area contributed by atoms with Gasteiger partial charge in [-0.05, 0) is 24.1 Å². The van der Waals surface area contributed by atoms with Crippen LogP contribution in [0.4, 0.5) is 0 Å². The van der Waals surface area contributed by atoms with Crippen molar-refractivity contribution in [2.45, 2.75) is 38.8 Å². The minimum absolute atomic E-state index is 0.0758. The van der Waals surface area contributed by atoms with E-state index in [0.717, 1.165) is 18.7 Å². The Morgan fingerprint density at radius 2 is 1.94 bits per heavy atom. The molecule has 2 atom stereocenters. The highest BCUT2D eigenvalue weighted by Crippen LogP contribution is 2.23. The van der Waals surface area contributed by atoms with Crippen LogP contribution >= 0.6 is 0 Å². The smallest absolute Gasteiger partial charge is 0.108 e. The molecule has 2 N–H and O–H groups in total. The van der Waals surface area contributed by atoms with Gasteiger partial charge in [-0.2, -0.15) is 0 Å². The average molecular weight is 244 g/mol. The molecule has 2 rings (SSSR count). The molecule has 18 heavy (non-hydrogen) atoms. The number of imidazole rings is 1. The van der Waals surface area contributed by atoms with Gasteiger partial charge in [0.15, 0.2) is 0 Å². The molecule has 4 nitrogen and oxygen atoms in total. The highest BCUT2D eigenvalue weighted by molar-refractivity contribution is 5.20. The minimum atomic E-state index is 0.0758. The second-order valence-corrected chi connectivity index (χ2v) is 4.40. The van der Waals surface area contributed by atoms with E-state index in [9.17, 15) is 0 Å². The van der Waals surface area contributed by atoms with E-state index in [0.29, 0.717) is 0 Å². The molecule has 0 saturated carbocycles. The lowest BCUT2D eigenvalue weighted by Gasteiger charge is -2.26. The van der Waals surface area contributed by atoms with Crippen molar-refractivity contribution in [2.24, 2.45) is 5.73 Å². The molecule has 0 saturated heterocycles. The summed E-state index contributed by atoms with van der Waals surface area (Å²) in [5, 5.41) is 0. The topological polar surface area (TPSA) is 56.7 Å². The lowest BCUT2D eigenvalue weighted by molar-refractivity contribution is 0.446. The van der Waals surface area contributed by atoms with Crippen LogP contribution < -0.4 is 5.73 Å². The first-order valence-electron chi connectivity index (χ1n) is 6.45. The molecular formula is C14H20N4. The maximum atomic E-state index is 6.30. The molecule has 2 heterocycles. The maximum Gasteiger partial charge on any atom is 0.108 e. The van der Waals surface area contributed by atoms with Crippen LogP contribution in [0.2, 0.25) is 0 Å². The third-order valence-electron chi connectivity index (χ3n) is 3.29. The summed E-state index contributed by atoms with van der Waals surface area (Å²) in [6, 6.07) is 4.27. The zero-order valence-corrected chi connectivity index (χ0v) is 11.0. The van der Waals surface area contributed by atoms with Gasteiger partial charge in [0.05, 0.1) is 6.04 Å². The molecule has 2 aromatic rings. The number of hydrogen-bond acceptors (Lipinski definition) is 3. The van der Waals surface area contributed by atoms with Crippen molar-refractivity contribution in [1.82, 2.24) is 14.5 Å². The largest absolute Gasteiger partial charge is 0.326 e. The number of nitrogens with zero attached hydrogens (tertiary/aromatic N) is 3. The van der Waals surface area contributed by atoms with Gasteiger partial charge in [-0.15, -0.1) is 0 Å². The standard InChI is InChI=1S/C14H20N4/c1-3-12(15)14(11-5-7-16-8-6-11)18-10-9-17-13(18)4-2/h5-10,12,14H,3-4,15H2,1-2H3. The van der Waals surface area contributed by atoms with Crippen LogP contribution in [0.15, 0.2) is 36.9 Å². The SMILES string of the molecule is CCc1nccn1C(c1ccncc1)C(N)CC. The van der Waals surface area contributed by atoms with Gasteiger partial charge >= 0.3 is 0 Å². The third kappa shape index (κ3) is 2.43. The molecule has 0 bridgehead atoms. The van der Waals surface area contributed by atoms with E-state index in [1.807, 2.05) is 36.9 Å². The molecule has 2 aromatic heterocycles. The molecule has 0 aliphatic heterocycles. The number of pyridine rings is 1. The van der Waals surface area contributed by atoms with Crippen molar-refractivity contribution in [3.8, 4) is 0 Å². The van der Waals surface area contributed by atoms with E-state index in [2.05, 4.69) is 28.4 Å². The molecule has 0 aliphatic carbocycles.